The molecule has 0 fully saturated rings. The standard InChI is InChI=1S/C48H27N3S/c1-2-15-29(16-3-1)45-41-30-17-5-4-14-28(30)26-27-37(41)49-48(50-45)51-38-24-12-10-22-35(38)43-42-32-19-7-6-18-31(32)40-36-23-11-13-25-39(36)52-47(40)44(42)33-20-8-9-21-34(33)46(43)51/h1-27H. The van der Waals surface area contributed by atoms with E-state index >= 15 is 0 Å². The first-order valence-electron chi connectivity index (χ1n) is 17.7. The van der Waals surface area contributed by atoms with Crippen LogP contribution in [0.3, 0.4) is 0 Å². The molecule has 0 spiro atoms. The molecule has 3 nitrogen and oxygen atoms in total. The predicted molar refractivity (Wildman–Crippen MR) is 222 cm³/mol. The zero-order valence-electron chi connectivity index (χ0n) is 27.8. The summed E-state index contributed by atoms with van der Waals surface area (Å²) < 4.78 is 4.98. The van der Waals surface area contributed by atoms with Gasteiger partial charge in [-0.05, 0) is 45.1 Å². The van der Waals surface area contributed by atoms with Crippen LogP contribution < -0.4 is 0 Å². The van der Waals surface area contributed by atoms with Gasteiger partial charge < -0.3 is 0 Å². The molecule has 3 aromatic heterocycles. The molecular formula is C48H27N3S. The van der Waals surface area contributed by atoms with Gasteiger partial charge in [-0.15, -0.1) is 11.3 Å². The topological polar surface area (TPSA) is 30.7 Å². The molecule has 0 saturated carbocycles. The van der Waals surface area contributed by atoms with Crippen molar-refractivity contribution >= 4 is 107 Å². The average molecular weight is 678 g/mol. The molecule has 3 heterocycles. The minimum absolute atomic E-state index is 0.671. The van der Waals surface area contributed by atoms with Crippen molar-refractivity contribution in [2.24, 2.45) is 0 Å². The van der Waals surface area contributed by atoms with Gasteiger partial charge in [-0.1, -0.05) is 146 Å². The second-order valence-electron chi connectivity index (χ2n) is 13.6. The lowest BCUT2D eigenvalue weighted by Gasteiger charge is -2.16. The number of benzene rings is 9. The van der Waals surface area contributed by atoms with Crippen LogP contribution in [0.1, 0.15) is 0 Å². The Morgan fingerprint density at radius 3 is 1.83 bits per heavy atom. The number of nitrogens with zero attached hydrogens (tertiary/aromatic N) is 3. The Kier molecular flexibility index (Phi) is 5.65. The first kappa shape index (κ1) is 28.1. The van der Waals surface area contributed by atoms with Gasteiger partial charge in [-0.3, -0.25) is 4.57 Å². The minimum Gasteiger partial charge on any atom is -0.277 e. The number of hydrogen-bond acceptors (Lipinski definition) is 3. The van der Waals surface area contributed by atoms with Crippen molar-refractivity contribution < 1.29 is 0 Å². The third-order valence-corrected chi connectivity index (χ3v) is 12.1. The monoisotopic (exact) mass is 677 g/mol. The summed E-state index contributed by atoms with van der Waals surface area (Å²) in [5.41, 5.74) is 5.16. The van der Waals surface area contributed by atoms with E-state index in [0.717, 1.165) is 38.6 Å². The fourth-order valence-electron chi connectivity index (χ4n) is 8.83. The van der Waals surface area contributed by atoms with Crippen molar-refractivity contribution in [2.45, 2.75) is 0 Å². The van der Waals surface area contributed by atoms with Gasteiger partial charge in [0.05, 0.1) is 22.2 Å². The first-order chi connectivity index (χ1) is 25.8. The molecule has 4 heteroatoms. The van der Waals surface area contributed by atoms with Crippen LogP contribution in [-0.2, 0) is 0 Å². The summed E-state index contributed by atoms with van der Waals surface area (Å²) in [5, 5.41) is 16.1. The summed E-state index contributed by atoms with van der Waals surface area (Å²) in [7, 11) is 0. The fourth-order valence-corrected chi connectivity index (χ4v) is 10.1. The molecule has 0 N–H and O–H groups in total. The van der Waals surface area contributed by atoms with Gasteiger partial charge in [-0.25, -0.2) is 9.97 Å². The van der Waals surface area contributed by atoms with E-state index in [9.17, 15) is 0 Å². The van der Waals surface area contributed by atoms with Gasteiger partial charge >= 0.3 is 0 Å². The molecular weight excluding hydrogens is 651 g/mol. The summed E-state index contributed by atoms with van der Waals surface area (Å²) in [6, 6.07) is 59.0. The molecule has 52 heavy (non-hydrogen) atoms. The molecule has 0 radical (unpaired) electrons. The van der Waals surface area contributed by atoms with Crippen molar-refractivity contribution in [1.29, 1.82) is 0 Å². The lowest BCUT2D eigenvalue weighted by Crippen LogP contribution is -2.04. The maximum Gasteiger partial charge on any atom is 0.235 e. The molecule has 0 amide bonds. The van der Waals surface area contributed by atoms with Crippen molar-refractivity contribution in [3.8, 4) is 17.2 Å². The second kappa shape index (κ2) is 10.5. The van der Waals surface area contributed by atoms with E-state index in [1.54, 1.807) is 0 Å². The number of rotatable bonds is 2. The van der Waals surface area contributed by atoms with E-state index in [4.69, 9.17) is 9.97 Å². The molecule has 0 aliphatic rings. The number of fused-ring (bicyclic) bond motifs is 18. The average Bonchev–Trinajstić information content (AvgIpc) is 3.78. The zero-order chi connectivity index (χ0) is 33.9. The Bertz CT molecular complexity index is 3470. The van der Waals surface area contributed by atoms with Crippen LogP contribution in [0.2, 0.25) is 0 Å². The molecule has 9 aromatic carbocycles. The summed E-state index contributed by atoms with van der Waals surface area (Å²) >= 11 is 1.91. The van der Waals surface area contributed by atoms with E-state index in [1.165, 1.54) is 68.6 Å². The quantitative estimate of drug-likeness (QED) is 0.171. The van der Waals surface area contributed by atoms with Gasteiger partial charge in [0.1, 0.15) is 0 Å². The maximum atomic E-state index is 5.55. The highest BCUT2D eigenvalue weighted by molar-refractivity contribution is 7.27. The lowest BCUT2D eigenvalue weighted by molar-refractivity contribution is 1.02. The van der Waals surface area contributed by atoms with Crippen molar-refractivity contribution in [2.75, 3.05) is 0 Å². The highest BCUT2D eigenvalue weighted by Crippen LogP contribution is 2.51. The van der Waals surface area contributed by atoms with Crippen LogP contribution in [0.5, 0.6) is 0 Å². The molecule has 12 rings (SSSR count). The normalized spacial score (nSPS) is 12.2. The van der Waals surface area contributed by atoms with Crippen LogP contribution >= 0.6 is 11.3 Å². The second-order valence-corrected chi connectivity index (χ2v) is 14.7. The zero-order valence-corrected chi connectivity index (χ0v) is 28.7. The van der Waals surface area contributed by atoms with Gasteiger partial charge in [0.25, 0.3) is 0 Å². The number of para-hydroxylation sites is 1. The van der Waals surface area contributed by atoms with E-state index < -0.39 is 0 Å². The third kappa shape index (κ3) is 3.69. The van der Waals surface area contributed by atoms with E-state index in [1.807, 2.05) is 11.3 Å². The third-order valence-electron chi connectivity index (χ3n) is 10.9. The van der Waals surface area contributed by atoms with Gasteiger partial charge in [-0.2, -0.15) is 0 Å². The summed E-state index contributed by atoms with van der Waals surface area (Å²) in [6.07, 6.45) is 0. The number of hydrogen-bond donors (Lipinski definition) is 0. The van der Waals surface area contributed by atoms with Crippen LogP contribution in [0, 0.1) is 0 Å². The lowest BCUT2D eigenvalue weighted by atomic mass is 9.90. The molecule has 0 unspecified atom stereocenters. The fraction of sp³-hybridized carbons (Fsp3) is 0. The van der Waals surface area contributed by atoms with Crippen molar-refractivity contribution in [1.82, 2.24) is 14.5 Å². The Balaban J connectivity index is 1.34. The molecule has 240 valence electrons. The molecule has 0 bridgehead atoms. The molecule has 0 aliphatic heterocycles. The van der Waals surface area contributed by atoms with Gasteiger partial charge in [0.15, 0.2) is 0 Å². The van der Waals surface area contributed by atoms with Crippen molar-refractivity contribution in [3.05, 3.63) is 164 Å². The van der Waals surface area contributed by atoms with E-state index in [-0.39, 0.29) is 0 Å². The van der Waals surface area contributed by atoms with Crippen LogP contribution in [0.25, 0.3) is 113 Å². The van der Waals surface area contributed by atoms with E-state index in [0.29, 0.717) is 5.95 Å². The first-order valence-corrected chi connectivity index (χ1v) is 18.5. The van der Waals surface area contributed by atoms with E-state index in [2.05, 4.69) is 168 Å². The summed E-state index contributed by atoms with van der Waals surface area (Å²) in [4.78, 5) is 11.0. The van der Waals surface area contributed by atoms with Crippen LogP contribution in [-0.4, -0.2) is 14.5 Å². The van der Waals surface area contributed by atoms with Gasteiger partial charge in [0, 0.05) is 58.1 Å². The SMILES string of the molecule is c1ccc(-c2nc(-n3c4ccccc4c4c5c6ccccc6c6c7ccccc7sc6c5c5ccccc5c43)nc3ccc4ccccc4c23)cc1. The Morgan fingerprint density at radius 2 is 1.02 bits per heavy atom. The Labute approximate surface area is 301 Å². The Hall–Kier alpha value is -6.62. The number of thiophene rings is 1. The molecule has 0 atom stereocenters. The highest BCUT2D eigenvalue weighted by atomic mass is 32.1. The molecule has 0 saturated heterocycles. The Morgan fingerprint density at radius 1 is 0.404 bits per heavy atom. The predicted octanol–water partition coefficient (Wildman–Crippen LogP) is 13.4. The number of aromatic nitrogens is 3. The largest absolute Gasteiger partial charge is 0.277 e. The summed E-state index contributed by atoms with van der Waals surface area (Å²) in [5.74, 6) is 0.671. The van der Waals surface area contributed by atoms with Crippen molar-refractivity contribution in [3.63, 3.8) is 0 Å². The van der Waals surface area contributed by atoms with Gasteiger partial charge in [0.2, 0.25) is 5.95 Å². The molecule has 12 aromatic rings. The maximum absolute atomic E-state index is 5.55. The van der Waals surface area contributed by atoms with Crippen LogP contribution in [0.4, 0.5) is 0 Å². The minimum atomic E-state index is 0.671. The smallest absolute Gasteiger partial charge is 0.235 e. The highest BCUT2D eigenvalue weighted by Gasteiger charge is 2.25. The summed E-state index contributed by atoms with van der Waals surface area (Å²) in [6.45, 7) is 0. The molecule has 0 aliphatic carbocycles. The van der Waals surface area contributed by atoms with Crippen LogP contribution in [0.15, 0.2) is 164 Å².